The molecule has 0 unspecified atom stereocenters. The van der Waals surface area contributed by atoms with Crippen molar-refractivity contribution >= 4 is 11.9 Å². The van der Waals surface area contributed by atoms with E-state index in [1.807, 2.05) is 0 Å². The number of carbonyl (C=O) groups is 2. The number of carbonyl (C=O) groups excluding carboxylic acids is 1. The van der Waals surface area contributed by atoms with Gasteiger partial charge in [-0.05, 0) is 0 Å². The van der Waals surface area contributed by atoms with Crippen LogP contribution in [0.3, 0.4) is 0 Å². The lowest BCUT2D eigenvalue weighted by Gasteiger charge is -2.35. The fraction of sp³-hybridized carbons (Fsp3) is 0.818. The highest BCUT2D eigenvalue weighted by Gasteiger charge is 2.32. The minimum Gasteiger partial charge on any atom is -0.480 e. The zero-order valence-corrected chi connectivity index (χ0v) is 10.4. The van der Waals surface area contributed by atoms with E-state index in [1.54, 1.807) is 7.05 Å². The molecule has 0 spiro atoms. The normalized spacial score (nSPS) is 18.3. The molecule has 7 nitrogen and oxygen atoms in total. The highest BCUT2D eigenvalue weighted by Crippen LogP contribution is 2.21. The largest absolute Gasteiger partial charge is 0.480 e. The minimum atomic E-state index is -1.12. The van der Waals surface area contributed by atoms with Gasteiger partial charge < -0.3 is 24.6 Å². The molecule has 7 heteroatoms. The lowest BCUT2D eigenvalue weighted by molar-refractivity contribution is -0.147. The molecular formula is C11H19NO6. The van der Waals surface area contributed by atoms with E-state index in [-0.39, 0.29) is 19.1 Å². The van der Waals surface area contributed by atoms with Crippen molar-refractivity contribution in [3.8, 4) is 0 Å². The quantitative estimate of drug-likeness (QED) is 0.642. The molecule has 1 aliphatic rings. The number of aliphatic hydroxyl groups is 1. The standard InChI is InChI=1S/C11H19NO6/c1-12(9(13)6-18-7-10(14)15)8-11(16)2-4-17-5-3-11/h16H,2-8H2,1H3,(H,14,15). The second kappa shape index (κ2) is 6.67. The highest BCUT2D eigenvalue weighted by atomic mass is 16.5. The van der Waals surface area contributed by atoms with Gasteiger partial charge in [-0.1, -0.05) is 0 Å². The first-order valence-corrected chi connectivity index (χ1v) is 5.76. The van der Waals surface area contributed by atoms with Gasteiger partial charge in [-0.2, -0.15) is 0 Å². The molecule has 0 atom stereocenters. The van der Waals surface area contributed by atoms with Gasteiger partial charge in [0.15, 0.2) is 0 Å². The van der Waals surface area contributed by atoms with Crippen LogP contribution >= 0.6 is 0 Å². The van der Waals surface area contributed by atoms with Gasteiger partial charge in [-0.25, -0.2) is 4.79 Å². The van der Waals surface area contributed by atoms with Gasteiger partial charge in [0.1, 0.15) is 13.2 Å². The van der Waals surface area contributed by atoms with E-state index in [2.05, 4.69) is 0 Å². The van der Waals surface area contributed by atoms with Gasteiger partial charge >= 0.3 is 5.97 Å². The van der Waals surface area contributed by atoms with E-state index >= 15 is 0 Å². The van der Waals surface area contributed by atoms with E-state index in [0.717, 1.165) is 0 Å². The van der Waals surface area contributed by atoms with Gasteiger partial charge in [-0.15, -0.1) is 0 Å². The molecule has 0 saturated carbocycles. The number of nitrogens with zero attached hydrogens (tertiary/aromatic N) is 1. The first kappa shape index (κ1) is 14.9. The molecule has 104 valence electrons. The summed E-state index contributed by atoms with van der Waals surface area (Å²) in [5.74, 6) is -1.47. The number of amides is 1. The first-order chi connectivity index (χ1) is 8.43. The summed E-state index contributed by atoms with van der Waals surface area (Å²) in [6.07, 6.45) is 0.973. The first-order valence-electron chi connectivity index (χ1n) is 5.76. The van der Waals surface area contributed by atoms with E-state index in [0.29, 0.717) is 26.1 Å². The van der Waals surface area contributed by atoms with Crippen LogP contribution in [0.2, 0.25) is 0 Å². The Morgan fingerprint density at radius 2 is 1.94 bits per heavy atom. The van der Waals surface area contributed by atoms with Crippen molar-refractivity contribution < 1.29 is 29.3 Å². The molecule has 1 rings (SSSR count). The highest BCUT2D eigenvalue weighted by molar-refractivity contribution is 5.77. The van der Waals surface area contributed by atoms with Gasteiger partial charge in [0.05, 0.1) is 5.60 Å². The summed E-state index contributed by atoms with van der Waals surface area (Å²) >= 11 is 0. The lowest BCUT2D eigenvalue weighted by Crippen LogP contribution is -2.48. The zero-order chi connectivity index (χ0) is 13.6. The third-order valence-electron chi connectivity index (χ3n) is 2.83. The fourth-order valence-electron chi connectivity index (χ4n) is 1.77. The average molecular weight is 261 g/mol. The molecule has 1 heterocycles. The van der Waals surface area contributed by atoms with Crippen molar-refractivity contribution in [2.75, 3.05) is 40.0 Å². The van der Waals surface area contributed by atoms with Gasteiger partial charge in [0, 0.05) is 39.6 Å². The van der Waals surface area contributed by atoms with Crippen LogP contribution < -0.4 is 0 Å². The molecule has 1 aliphatic heterocycles. The molecule has 0 radical (unpaired) electrons. The summed E-state index contributed by atoms with van der Waals surface area (Å²) in [7, 11) is 1.56. The molecule has 0 aromatic carbocycles. The molecule has 0 bridgehead atoms. The summed E-state index contributed by atoms with van der Waals surface area (Å²) in [4.78, 5) is 23.2. The maximum atomic E-state index is 11.6. The Balaban J connectivity index is 2.32. The molecule has 0 aliphatic carbocycles. The summed E-state index contributed by atoms with van der Waals surface area (Å²) < 4.78 is 9.85. The summed E-state index contributed by atoms with van der Waals surface area (Å²) in [5, 5.41) is 18.6. The average Bonchev–Trinajstić information content (AvgIpc) is 2.28. The van der Waals surface area contributed by atoms with Crippen LogP contribution in [0.15, 0.2) is 0 Å². The van der Waals surface area contributed by atoms with E-state index in [4.69, 9.17) is 14.6 Å². The number of hydrogen-bond donors (Lipinski definition) is 2. The van der Waals surface area contributed by atoms with Crippen molar-refractivity contribution in [1.29, 1.82) is 0 Å². The smallest absolute Gasteiger partial charge is 0.329 e. The Kier molecular flexibility index (Phi) is 5.52. The number of carboxylic acid groups (broad SMARTS) is 1. The number of aliphatic carboxylic acids is 1. The van der Waals surface area contributed by atoms with Crippen LogP contribution in [0.1, 0.15) is 12.8 Å². The third-order valence-corrected chi connectivity index (χ3v) is 2.83. The lowest BCUT2D eigenvalue weighted by atomic mass is 9.94. The van der Waals surface area contributed by atoms with Gasteiger partial charge in [0.2, 0.25) is 5.91 Å². The number of rotatable bonds is 6. The number of ether oxygens (including phenoxy) is 2. The Hall–Kier alpha value is -1.18. The molecule has 0 aromatic heterocycles. The van der Waals surface area contributed by atoms with Gasteiger partial charge in [0.25, 0.3) is 0 Å². The number of likely N-dealkylation sites (N-methyl/N-ethyl adjacent to an activating group) is 1. The molecule has 1 amide bonds. The van der Waals surface area contributed by atoms with Crippen LogP contribution in [-0.4, -0.2) is 72.6 Å². The molecule has 0 aromatic rings. The predicted molar refractivity (Wildman–Crippen MR) is 61.1 cm³/mol. The van der Waals surface area contributed by atoms with E-state index in [9.17, 15) is 14.7 Å². The third kappa shape index (κ3) is 4.99. The van der Waals surface area contributed by atoms with E-state index < -0.39 is 18.2 Å². The summed E-state index contributed by atoms with van der Waals surface area (Å²) in [6, 6.07) is 0. The Labute approximate surface area is 105 Å². The van der Waals surface area contributed by atoms with Crippen molar-refractivity contribution in [2.45, 2.75) is 18.4 Å². The van der Waals surface area contributed by atoms with Crippen molar-refractivity contribution in [1.82, 2.24) is 4.90 Å². The summed E-state index contributed by atoms with van der Waals surface area (Å²) in [6.45, 7) is 0.362. The van der Waals surface area contributed by atoms with Crippen LogP contribution in [0.25, 0.3) is 0 Å². The Bertz CT molecular complexity index is 300. The zero-order valence-electron chi connectivity index (χ0n) is 10.4. The maximum Gasteiger partial charge on any atom is 0.329 e. The number of hydrogen-bond acceptors (Lipinski definition) is 5. The van der Waals surface area contributed by atoms with Crippen molar-refractivity contribution in [2.24, 2.45) is 0 Å². The van der Waals surface area contributed by atoms with Crippen LogP contribution in [0.4, 0.5) is 0 Å². The SMILES string of the molecule is CN(CC1(O)CCOCC1)C(=O)COCC(=O)O. The van der Waals surface area contributed by atoms with E-state index in [1.165, 1.54) is 4.90 Å². The van der Waals surface area contributed by atoms with Gasteiger partial charge in [-0.3, -0.25) is 4.79 Å². The molecule has 2 N–H and O–H groups in total. The molecule has 18 heavy (non-hydrogen) atoms. The van der Waals surface area contributed by atoms with Crippen LogP contribution in [-0.2, 0) is 19.1 Å². The summed E-state index contributed by atoms with van der Waals surface area (Å²) in [5.41, 5.74) is -0.921. The topological polar surface area (TPSA) is 96.3 Å². The second-order valence-electron chi connectivity index (χ2n) is 4.47. The van der Waals surface area contributed by atoms with Crippen molar-refractivity contribution in [3.05, 3.63) is 0 Å². The number of carboxylic acids is 1. The van der Waals surface area contributed by atoms with Crippen molar-refractivity contribution in [3.63, 3.8) is 0 Å². The monoisotopic (exact) mass is 261 g/mol. The minimum absolute atomic E-state index is 0.200. The molecule has 1 saturated heterocycles. The van der Waals surface area contributed by atoms with Crippen LogP contribution in [0.5, 0.6) is 0 Å². The maximum absolute atomic E-state index is 11.6. The molecule has 1 fully saturated rings. The fourth-order valence-corrected chi connectivity index (χ4v) is 1.77. The predicted octanol–water partition coefficient (Wildman–Crippen LogP) is -0.912. The molecular weight excluding hydrogens is 242 g/mol. The Morgan fingerprint density at radius 3 is 2.50 bits per heavy atom. The van der Waals surface area contributed by atoms with Crippen LogP contribution in [0, 0.1) is 0 Å². The second-order valence-corrected chi connectivity index (χ2v) is 4.47. The Morgan fingerprint density at radius 1 is 1.33 bits per heavy atom.